The number of ether oxygens (including phenoxy) is 3. The number of hydrogen-bond acceptors (Lipinski definition) is 7. The third kappa shape index (κ3) is 7.51. The Labute approximate surface area is 391 Å². The molecule has 6 aromatic carbocycles. The molecule has 0 saturated heterocycles. The monoisotopic (exact) mass is 914 g/mol. The minimum Gasteiger partial charge on any atom is -0.480 e. The lowest BCUT2D eigenvalue weighted by atomic mass is 9.77. The molecule has 4 heterocycles. The van der Waals surface area contributed by atoms with Gasteiger partial charge in [-0.25, -0.2) is 19.3 Å². The molecule has 0 bridgehead atoms. The fraction of sp³-hybridized carbons (Fsp3) is 0.0943. The first-order chi connectivity index (χ1) is 31.9. The predicted molar refractivity (Wildman–Crippen MR) is 259 cm³/mol. The summed E-state index contributed by atoms with van der Waals surface area (Å²) < 4.78 is 20.8. The summed E-state index contributed by atoms with van der Waals surface area (Å²) in [6.07, 6.45) is 0. The maximum Gasteiger partial charge on any atom is 0.246 e. The van der Waals surface area contributed by atoms with E-state index in [2.05, 4.69) is 82.8 Å². The number of hydrogen-bond donors (Lipinski definition) is 0. The van der Waals surface area contributed by atoms with Crippen LogP contribution in [0.5, 0.6) is 17.6 Å². The Morgan fingerprint density at radius 3 is 0.954 bits per heavy atom. The summed E-state index contributed by atoms with van der Waals surface area (Å²) in [6, 6.07) is 65.3. The van der Waals surface area contributed by atoms with Crippen LogP contribution in [0.2, 0.25) is 15.5 Å². The molecule has 0 unspecified atom stereocenters. The molecule has 65 heavy (non-hydrogen) atoms. The summed E-state index contributed by atoms with van der Waals surface area (Å²) >= 11 is 19.3. The largest absolute Gasteiger partial charge is 0.480 e. The van der Waals surface area contributed by atoms with Gasteiger partial charge in [0.2, 0.25) is 17.6 Å². The van der Waals surface area contributed by atoms with Gasteiger partial charge in [0, 0.05) is 12.1 Å². The van der Waals surface area contributed by atoms with Gasteiger partial charge in [0.1, 0.15) is 37.3 Å². The minimum atomic E-state index is -0.813. The van der Waals surface area contributed by atoms with Crippen molar-refractivity contribution in [1.29, 1.82) is 0 Å². The second-order valence-electron chi connectivity index (χ2n) is 14.9. The molecule has 10 rings (SSSR count). The molecule has 9 nitrogen and oxygen atoms in total. The molecule has 12 heteroatoms. The van der Waals surface area contributed by atoms with Crippen molar-refractivity contribution in [3.8, 4) is 17.6 Å². The van der Waals surface area contributed by atoms with Crippen LogP contribution in [0.15, 0.2) is 194 Å². The highest BCUT2D eigenvalue weighted by Crippen LogP contribution is 2.47. The maximum atomic E-state index is 6.52. The Morgan fingerprint density at radius 2 is 0.646 bits per heavy atom. The lowest BCUT2D eigenvalue weighted by Crippen LogP contribution is -2.38. The van der Waals surface area contributed by atoms with Crippen LogP contribution in [0.3, 0.4) is 0 Å². The van der Waals surface area contributed by atoms with Gasteiger partial charge in [-0.1, -0.05) is 217 Å². The second-order valence-corrected chi connectivity index (χ2v) is 16.1. The molecule has 0 atom stereocenters. The van der Waals surface area contributed by atoms with E-state index >= 15 is 0 Å². The van der Waals surface area contributed by atoms with Crippen molar-refractivity contribution >= 4 is 56.6 Å². The molecule has 0 fully saturated rings. The second kappa shape index (κ2) is 18.5. The first kappa shape index (κ1) is 43.1. The highest BCUT2D eigenvalue weighted by atomic mass is 35.5. The third-order valence-electron chi connectivity index (χ3n) is 11.5. The normalized spacial score (nSPS) is 11.5. The average molecular weight is 916 g/mol. The van der Waals surface area contributed by atoms with Crippen LogP contribution in [0, 0.1) is 0 Å². The van der Waals surface area contributed by atoms with E-state index in [0.29, 0.717) is 33.6 Å². The Bertz CT molecular complexity index is 3000. The smallest absolute Gasteiger partial charge is 0.246 e. The molecule has 0 saturated carbocycles. The molecule has 0 N–H and O–H groups in total. The summed E-state index contributed by atoms with van der Waals surface area (Å²) in [7, 11) is 4.73. The summed E-state index contributed by atoms with van der Waals surface area (Å²) in [6.45, 7) is 0. The van der Waals surface area contributed by atoms with Crippen molar-refractivity contribution in [2.24, 2.45) is 0 Å². The van der Waals surface area contributed by atoms with Crippen molar-refractivity contribution in [3.05, 3.63) is 243 Å². The van der Waals surface area contributed by atoms with E-state index in [1.54, 1.807) is 33.5 Å². The topological polar surface area (TPSA) is 89.1 Å². The van der Waals surface area contributed by atoms with E-state index in [9.17, 15) is 0 Å². The summed E-state index contributed by atoms with van der Waals surface area (Å²) in [4.78, 5) is 8.57. The fourth-order valence-electron chi connectivity index (χ4n) is 8.83. The molecule has 0 radical (unpaired) electrons. The predicted octanol–water partition coefficient (Wildman–Crippen LogP) is 12.5. The molecule has 0 amide bonds. The zero-order valence-electron chi connectivity index (χ0n) is 35.5. The number of aromatic nitrogens is 6. The van der Waals surface area contributed by atoms with Crippen LogP contribution >= 0.6 is 34.8 Å². The molecule has 322 valence electrons. The van der Waals surface area contributed by atoms with Crippen molar-refractivity contribution in [2.45, 2.75) is 11.1 Å². The standard InChI is InChI=1S/C27H22ClN3O2.C26H19Cl2N3O/c1-32-25-24-22(18-23(28)29-25)31(30-26(24)33-2)27(19-12-6-3-7-13-19,20-14-8-4-9-15-20)21-16-10-5-11-17-21;1-32-25-23-21(17-22(27)29-24(23)28)31(30-25)26(18-11-5-2-6-12-18,19-13-7-3-8-14-19)20-15-9-4-10-16-20/h3-18H,1-2H3;2-17H,1H3. The fourth-order valence-corrected chi connectivity index (χ4v) is 9.51. The van der Waals surface area contributed by atoms with Crippen LogP contribution in [0.1, 0.15) is 33.4 Å². The van der Waals surface area contributed by atoms with Gasteiger partial charge in [-0.3, -0.25) is 0 Å². The number of pyridine rings is 2. The number of fused-ring (bicyclic) bond motifs is 2. The summed E-state index contributed by atoms with van der Waals surface area (Å²) in [5, 5.41) is 12.0. The van der Waals surface area contributed by atoms with Gasteiger partial charge in [0.25, 0.3) is 0 Å². The van der Waals surface area contributed by atoms with Crippen LogP contribution in [0.25, 0.3) is 21.8 Å². The van der Waals surface area contributed by atoms with E-state index in [0.717, 1.165) is 44.4 Å². The molecule has 0 aliphatic carbocycles. The van der Waals surface area contributed by atoms with Gasteiger partial charge in [-0.15, -0.1) is 10.2 Å². The molecule has 0 aliphatic rings. The van der Waals surface area contributed by atoms with Gasteiger partial charge in [-0.2, -0.15) is 0 Å². The number of halogens is 3. The van der Waals surface area contributed by atoms with E-state index in [4.69, 9.17) is 59.2 Å². The van der Waals surface area contributed by atoms with Gasteiger partial charge < -0.3 is 14.2 Å². The molecular weight excluding hydrogens is 875 g/mol. The number of methoxy groups -OCH3 is 3. The SMILES string of the molecule is COc1nc(Cl)cc2c1c(OC)nn2C(c1ccccc1)(c1ccccc1)c1ccccc1.COc1nn(C(c2ccccc2)(c2ccccc2)c2ccccc2)c2cc(Cl)nc(Cl)c12. The van der Waals surface area contributed by atoms with E-state index < -0.39 is 11.1 Å². The van der Waals surface area contributed by atoms with Crippen molar-refractivity contribution in [2.75, 3.05) is 21.3 Å². The number of benzene rings is 6. The molecule has 0 spiro atoms. The molecule has 4 aromatic heterocycles. The highest BCUT2D eigenvalue weighted by molar-refractivity contribution is 6.36. The highest BCUT2D eigenvalue weighted by Gasteiger charge is 2.43. The Balaban J connectivity index is 0.000000164. The lowest BCUT2D eigenvalue weighted by molar-refractivity contribution is 0.374. The van der Waals surface area contributed by atoms with Gasteiger partial charge >= 0.3 is 0 Å². The van der Waals surface area contributed by atoms with Gasteiger partial charge in [0.05, 0.1) is 32.4 Å². The van der Waals surface area contributed by atoms with Crippen LogP contribution < -0.4 is 14.2 Å². The zero-order valence-corrected chi connectivity index (χ0v) is 37.8. The van der Waals surface area contributed by atoms with Crippen molar-refractivity contribution in [3.63, 3.8) is 0 Å². The molecule has 0 aliphatic heterocycles. The first-order valence-corrected chi connectivity index (χ1v) is 21.8. The first-order valence-electron chi connectivity index (χ1n) is 20.7. The van der Waals surface area contributed by atoms with Gasteiger partial charge in [0.15, 0.2) is 0 Å². The lowest BCUT2D eigenvalue weighted by Gasteiger charge is -2.36. The van der Waals surface area contributed by atoms with E-state index in [-0.39, 0.29) is 10.3 Å². The van der Waals surface area contributed by atoms with Crippen LogP contribution in [0.4, 0.5) is 0 Å². The van der Waals surface area contributed by atoms with E-state index in [1.807, 2.05) is 119 Å². The third-order valence-corrected chi connectivity index (χ3v) is 12.1. The van der Waals surface area contributed by atoms with E-state index in [1.165, 1.54) is 0 Å². The van der Waals surface area contributed by atoms with Crippen LogP contribution in [-0.2, 0) is 11.1 Å². The Kier molecular flexibility index (Phi) is 12.3. The van der Waals surface area contributed by atoms with Crippen LogP contribution in [-0.4, -0.2) is 50.9 Å². The Morgan fingerprint density at radius 1 is 0.369 bits per heavy atom. The zero-order chi connectivity index (χ0) is 45.0. The molecule has 10 aromatic rings. The average Bonchev–Trinajstić information content (AvgIpc) is 3.93. The van der Waals surface area contributed by atoms with Crippen molar-refractivity contribution < 1.29 is 14.2 Å². The number of nitrogens with zero attached hydrogens (tertiary/aromatic N) is 6. The number of rotatable bonds is 11. The summed E-state index contributed by atoms with van der Waals surface area (Å²) in [5.41, 5.74) is 6.09. The Hall–Kier alpha value is -7.17. The minimum absolute atomic E-state index is 0.249. The maximum absolute atomic E-state index is 6.52. The summed E-state index contributed by atoms with van der Waals surface area (Å²) in [5.74, 6) is 1.17. The van der Waals surface area contributed by atoms with Gasteiger partial charge in [-0.05, 0) is 33.4 Å². The quantitative estimate of drug-likeness (QED) is 0.0943. The molecular formula is C53H41Cl3N6O3. The van der Waals surface area contributed by atoms with Crippen molar-refractivity contribution in [1.82, 2.24) is 29.5 Å².